The minimum Gasteiger partial charge on any atom is -0.352 e. The van der Waals surface area contributed by atoms with E-state index in [1.54, 1.807) is 16.9 Å². The summed E-state index contributed by atoms with van der Waals surface area (Å²) in [5.74, 6) is -0.0445. The van der Waals surface area contributed by atoms with E-state index >= 15 is 0 Å². The van der Waals surface area contributed by atoms with Gasteiger partial charge >= 0.3 is 6.18 Å². The first-order valence-electron chi connectivity index (χ1n) is 9.89. The van der Waals surface area contributed by atoms with E-state index in [4.69, 9.17) is 0 Å². The molecule has 158 valence electrons. The van der Waals surface area contributed by atoms with Crippen molar-refractivity contribution in [3.05, 3.63) is 71.3 Å². The largest absolute Gasteiger partial charge is 0.435 e. The van der Waals surface area contributed by atoms with Gasteiger partial charge in [-0.2, -0.15) is 23.4 Å². The number of carbonyl (C=O) groups excluding carboxylic acids is 1. The van der Waals surface area contributed by atoms with Gasteiger partial charge in [0.15, 0.2) is 5.69 Å². The number of amides is 1. The molecule has 0 unspecified atom stereocenters. The van der Waals surface area contributed by atoms with Gasteiger partial charge in [0.25, 0.3) is 5.91 Å². The molecule has 1 N–H and O–H groups in total. The van der Waals surface area contributed by atoms with Crippen molar-refractivity contribution in [2.75, 3.05) is 6.54 Å². The Balaban J connectivity index is 1.31. The highest BCUT2D eigenvalue weighted by Crippen LogP contribution is 2.42. The Labute approximate surface area is 171 Å². The Hall–Kier alpha value is -3.10. The summed E-state index contributed by atoms with van der Waals surface area (Å²) in [5, 5.41) is 10.7. The molecule has 0 spiro atoms. The van der Waals surface area contributed by atoms with Crippen molar-refractivity contribution in [2.24, 2.45) is 0 Å². The number of benzene rings is 1. The molecule has 2 heterocycles. The van der Waals surface area contributed by atoms with Crippen molar-refractivity contribution in [1.29, 1.82) is 0 Å². The zero-order chi connectivity index (χ0) is 21.1. The molecule has 4 rings (SSSR count). The summed E-state index contributed by atoms with van der Waals surface area (Å²) in [4.78, 5) is 12.4. The normalized spacial score (nSPS) is 14.1. The standard InChI is InChI=1S/C21H22F3N5O/c22-21(23,24)19-13-18(16-6-7-16)29(27-19)11-2-8-25-20(30)17-5-1-4-15(12-17)14-28-10-3-9-26-28/h1,3-5,9-10,12-13,16H,2,6-8,11,14H2,(H,25,30). The van der Waals surface area contributed by atoms with Gasteiger partial charge in [-0.15, -0.1) is 0 Å². The molecule has 3 aromatic rings. The zero-order valence-electron chi connectivity index (χ0n) is 16.3. The van der Waals surface area contributed by atoms with Crippen LogP contribution in [0.1, 0.15) is 52.5 Å². The van der Waals surface area contributed by atoms with E-state index in [1.807, 2.05) is 30.5 Å². The van der Waals surface area contributed by atoms with E-state index in [-0.39, 0.29) is 11.8 Å². The lowest BCUT2D eigenvalue weighted by atomic mass is 10.1. The highest BCUT2D eigenvalue weighted by molar-refractivity contribution is 5.94. The van der Waals surface area contributed by atoms with E-state index in [0.29, 0.717) is 37.3 Å². The molecule has 0 radical (unpaired) electrons. The number of hydrogen-bond donors (Lipinski definition) is 1. The second-order valence-corrected chi connectivity index (χ2v) is 7.46. The number of aryl methyl sites for hydroxylation is 1. The van der Waals surface area contributed by atoms with E-state index in [2.05, 4.69) is 15.5 Å². The number of rotatable bonds is 8. The second-order valence-electron chi connectivity index (χ2n) is 7.46. The molecule has 1 aliphatic rings. The van der Waals surface area contributed by atoms with Crippen LogP contribution in [0.25, 0.3) is 0 Å². The quantitative estimate of drug-likeness (QED) is 0.567. The highest BCUT2D eigenvalue weighted by Gasteiger charge is 2.37. The van der Waals surface area contributed by atoms with Crippen LogP contribution in [0.2, 0.25) is 0 Å². The first-order chi connectivity index (χ1) is 14.4. The van der Waals surface area contributed by atoms with Gasteiger partial charge in [-0.3, -0.25) is 14.2 Å². The first-order valence-corrected chi connectivity index (χ1v) is 9.89. The second kappa shape index (κ2) is 8.33. The number of hydrogen-bond acceptors (Lipinski definition) is 3. The summed E-state index contributed by atoms with van der Waals surface area (Å²) in [5.41, 5.74) is 1.29. The smallest absolute Gasteiger partial charge is 0.352 e. The lowest BCUT2D eigenvalue weighted by Gasteiger charge is -2.09. The maximum Gasteiger partial charge on any atom is 0.435 e. The molecule has 6 nitrogen and oxygen atoms in total. The van der Waals surface area contributed by atoms with Gasteiger partial charge in [0, 0.05) is 42.7 Å². The summed E-state index contributed by atoms with van der Waals surface area (Å²) >= 11 is 0. The molecule has 30 heavy (non-hydrogen) atoms. The first kappa shape index (κ1) is 20.2. The Morgan fingerprint density at radius 2 is 2.03 bits per heavy atom. The fourth-order valence-electron chi connectivity index (χ4n) is 3.38. The molecule has 9 heteroatoms. The van der Waals surface area contributed by atoms with Gasteiger partial charge in [-0.05, 0) is 49.1 Å². The van der Waals surface area contributed by atoms with Gasteiger partial charge in [-0.25, -0.2) is 0 Å². The number of alkyl halides is 3. The number of halogens is 3. The van der Waals surface area contributed by atoms with Crippen LogP contribution in [0.3, 0.4) is 0 Å². The van der Waals surface area contributed by atoms with Crippen LogP contribution in [0.4, 0.5) is 13.2 Å². The fourth-order valence-corrected chi connectivity index (χ4v) is 3.38. The molecule has 1 aliphatic carbocycles. The van der Waals surface area contributed by atoms with Crippen LogP contribution < -0.4 is 5.32 Å². The molecule has 1 amide bonds. The van der Waals surface area contributed by atoms with Crippen molar-refractivity contribution in [3.63, 3.8) is 0 Å². The van der Waals surface area contributed by atoms with Gasteiger partial charge in [-0.1, -0.05) is 12.1 Å². The minimum absolute atomic E-state index is 0.167. The third-order valence-electron chi connectivity index (χ3n) is 5.02. The van der Waals surface area contributed by atoms with E-state index in [9.17, 15) is 18.0 Å². The van der Waals surface area contributed by atoms with Crippen LogP contribution in [0.15, 0.2) is 48.8 Å². The highest BCUT2D eigenvalue weighted by atomic mass is 19.4. The average molecular weight is 417 g/mol. The molecule has 0 aliphatic heterocycles. The summed E-state index contributed by atoms with van der Waals surface area (Å²) in [6.07, 6.45) is 1.40. The van der Waals surface area contributed by atoms with Gasteiger partial charge in [0.2, 0.25) is 0 Å². The number of nitrogens with zero attached hydrogens (tertiary/aromatic N) is 4. The molecule has 1 aromatic carbocycles. The van der Waals surface area contributed by atoms with Crippen LogP contribution >= 0.6 is 0 Å². The summed E-state index contributed by atoms with van der Waals surface area (Å²) < 4.78 is 42.1. The van der Waals surface area contributed by atoms with Crippen LogP contribution in [-0.4, -0.2) is 32.0 Å². The molecule has 1 fully saturated rings. The Bertz CT molecular complexity index is 1010. The molecule has 0 bridgehead atoms. The Kier molecular flexibility index (Phi) is 5.61. The van der Waals surface area contributed by atoms with Crippen molar-refractivity contribution < 1.29 is 18.0 Å². The molecular weight excluding hydrogens is 395 g/mol. The molecule has 2 aromatic heterocycles. The van der Waals surface area contributed by atoms with Gasteiger partial charge in [0.1, 0.15) is 0 Å². The van der Waals surface area contributed by atoms with Crippen LogP contribution in [0.5, 0.6) is 0 Å². The zero-order valence-corrected chi connectivity index (χ0v) is 16.3. The van der Waals surface area contributed by atoms with Gasteiger partial charge < -0.3 is 5.32 Å². The summed E-state index contributed by atoms with van der Waals surface area (Å²) in [7, 11) is 0. The van der Waals surface area contributed by atoms with E-state index in [1.165, 1.54) is 4.68 Å². The molecular formula is C21H22F3N5O. The number of carbonyl (C=O) groups is 1. The van der Waals surface area contributed by atoms with E-state index in [0.717, 1.165) is 24.5 Å². The maximum atomic E-state index is 13.0. The van der Waals surface area contributed by atoms with Crippen molar-refractivity contribution in [1.82, 2.24) is 24.9 Å². The summed E-state index contributed by atoms with van der Waals surface area (Å²) in [6.45, 7) is 1.26. The SMILES string of the molecule is O=C(NCCCn1nc(C(F)(F)F)cc1C1CC1)c1cccc(Cn2cccn2)c1. The number of aromatic nitrogens is 4. The molecule has 0 atom stereocenters. The monoisotopic (exact) mass is 417 g/mol. The van der Waals surface area contributed by atoms with Crippen LogP contribution in [-0.2, 0) is 19.3 Å². The minimum atomic E-state index is -4.44. The number of nitrogens with one attached hydrogen (secondary N) is 1. The molecule has 1 saturated carbocycles. The third-order valence-corrected chi connectivity index (χ3v) is 5.02. The van der Waals surface area contributed by atoms with Crippen molar-refractivity contribution in [3.8, 4) is 0 Å². The topological polar surface area (TPSA) is 64.7 Å². The van der Waals surface area contributed by atoms with Gasteiger partial charge in [0.05, 0.1) is 6.54 Å². The predicted octanol–water partition coefficient (Wildman–Crippen LogP) is 3.84. The van der Waals surface area contributed by atoms with E-state index < -0.39 is 11.9 Å². The fraction of sp³-hybridized carbons (Fsp3) is 0.381. The predicted molar refractivity (Wildman–Crippen MR) is 104 cm³/mol. The lowest BCUT2D eigenvalue weighted by molar-refractivity contribution is -0.141. The van der Waals surface area contributed by atoms with Crippen molar-refractivity contribution in [2.45, 2.75) is 44.4 Å². The van der Waals surface area contributed by atoms with Crippen molar-refractivity contribution >= 4 is 5.91 Å². The third kappa shape index (κ3) is 4.90. The maximum absolute atomic E-state index is 13.0. The lowest BCUT2D eigenvalue weighted by Crippen LogP contribution is -2.25. The Morgan fingerprint density at radius 3 is 2.73 bits per heavy atom. The molecule has 0 saturated heterocycles. The van der Waals surface area contributed by atoms with Crippen LogP contribution in [0, 0.1) is 0 Å². The average Bonchev–Trinajstić information content (AvgIpc) is 3.24. The summed E-state index contributed by atoms with van der Waals surface area (Å²) in [6, 6.07) is 10.3. The Morgan fingerprint density at radius 1 is 1.20 bits per heavy atom.